The van der Waals surface area contributed by atoms with Crippen molar-refractivity contribution in [1.82, 2.24) is 9.97 Å². The number of aryl methyl sites for hydroxylation is 1. The highest BCUT2D eigenvalue weighted by molar-refractivity contribution is 6.30. The Morgan fingerprint density at radius 3 is 2.48 bits per heavy atom. The van der Waals surface area contributed by atoms with E-state index in [1.807, 2.05) is 17.0 Å². The van der Waals surface area contributed by atoms with Crippen molar-refractivity contribution in [3.63, 3.8) is 0 Å². The van der Waals surface area contributed by atoms with Gasteiger partial charge in [0, 0.05) is 29.4 Å². The molecule has 0 bridgehead atoms. The van der Waals surface area contributed by atoms with Gasteiger partial charge in [-0.25, -0.2) is 9.97 Å². The monoisotopic (exact) mass is 371 g/mol. The van der Waals surface area contributed by atoms with E-state index < -0.39 is 12.0 Å². The molecule has 25 heavy (non-hydrogen) atoms. The lowest BCUT2D eigenvalue weighted by atomic mass is 10.1. The molecule has 0 spiro atoms. The summed E-state index contributed by atoms with van der Waals surface area (Å²) in [4.78, 5) is 9.18. The number of nitrogens with zero attached hydrogens (tertiary/aromatic N) is 3. The van der Waals surface area contributed by atoms with Gasteiger partial charge >= 0.3 is 6.18 Å². The molecule has 4 nitrogen and oxygen atoms in total. The minimum Gasteiger partial charge on any atom is -0.370 e. The Kier molecular flexibility index (Phi) is 4.88. The molecule has 1 aromatic heterocycles. The van der Waals surface area contributed by atoms with Gasteiger partial charge in [0.1, 0.15) is 11.9 Å². The van der Waals surface area contributed by atoms with Crippen LogP contribution in [0.3, 0.4) is 0 Å². The van der Waals surface area contributed by atoms with E-state index in [9.17, 15) is 13.2 Å². The number of alkyl halides is 3. The van der Waals surface area contributed by atoms with Crippen molar-refractivity contribution in [2.24, 2.45) is 0 Å². The fourth-order valence-corrected chi connectivity index (χ4v) is 2.90. The summed E-state index contributed by atoms with van der Waals surface area (Å²) in [5, 5.41) is 0.619. The molecule has 1 unspecified atom stereocenters. The van der Waals surface area contributed by atoms with Gasteiger partial charge < -0.3 is 9.64 Å². The lowest BCUT2D eigenvalue weighted by Crippen LogP contribution is -2.39. The molecule has 0 amide bonds. The molecule has 3 rings (SSSR count). The molecule has 1 fully saturated rings. The van der Waals surface area contributed by atoms with Crippen LogP contribution in [0.2, 0.25) is 5.02 Å². The molecule has 0 N–H and O–H groups in total. The zero-order chi connectivity index (χ0) is 18.2. The van der Waals surface area contributed by atoms with Crippen LogP contribution in [0.25, 0.3) is 0 Å². The largest absolute Gasteiger partial charge is 0.451 e. The number of rotatable bonds is 2. The average molecular weight is 372 g/mol. The molecule has 0 aliphatic carbocycles. The maximum Gasteiger partial charge on any atom is 0.451 e. The van der Waals surface area contributed by atoms with Gasteiger partial charge in [0.25, 0.3) is 0 Å². The van der Waals surface area contributed by atoms with E-state index in [2.05, 4.69) is 9.97 Å². The molecule has 2 aromatic rings. The summed E-state index contributed by atoms with van der Waals surface area (Å²) < 4.78 is 44.9. The number of ether oxygens (including phenoxy) is 1. The van der Waals surface area contributed by atoms with Crippen LogP contribution in [0.15, 0.2) is 24.3 Å². The minimum absolute atomic E-state index is 0.255. The molecule has 8 heteroatoms. The summed E-state index contributed by atoms with van der Waals surface area (Å²) in [6, 6.07) is 7.24. The third-order valence-corrected chi connectivity index (χ3v) is 4.48. The third-order valence-electron chi connectivity index (χ3n) is 4.22. The van der Waals surface area contributed by atoms with Crippen LogP contribution < -0.4 is 4.90 Å². The Hall–Kier alpha value is -1.86. The van der Waals surface area contributed by atoms with Crippen molar-refractivity contribution in [3.8, 4) is 0 Å². The van der Waals surface area contributed by atoms with Gasteiger partial charge in [0.2, 0.25) is 5.82 Å². The first-order valence-electron chi connectivity index (χ1n) is 7.80. The van der Waals surface area contributed by atoms with E-state index in [1.165, 1.54) is 0 Å². The van der Waals surface area contributed by atoms with Crippen molar-refractivity contribution in [3.05, 3.63) is 51.9 Å². The summed E-state index contributed by atoms with van der Waals surface area (Å²) in [5.74, 6) is -0.803. The van der Waals surface area contributed by atoms with Gasteiger partial charge in [-0.3, -0.25) is 0 Å². The second-order valence-corrected chi connectivity index (χ2v) is 6.37. The van der Waals surface area contributed by atoms with Crippen molar-refractivity contribution in [2.45, 2.75) is 26.1 Å². The van der Waals surface area contributed by atoms with Crippen LogP contribution >= 0.6 is 11.6 Å². The zero-order valence-corrected chi connectivity index (χ0v) is 14.5. The second kappa shape index (κ2) is 6.80. The van der Waals surface area contributed by atoms with Crippen LogP contribution in [0.4, 0.5) is 19.0 Å². The highest BCUT2D eigenvalue weighted by Gasteiger charge is 2.36. The van der Waals surface area contributed by atoms with Crippen LogP contribution in [0.5, 0.6) is 0 Å². The van der Waals surface area contributed by atoms with Crippen molar-refractivity contribution >= 4 is 17.4 Å². The Morgan fingerprint density at radius 2 is 1.84 bits per heavy atom. The van der Waals surface area contributed by atoms with Gasteiger partial charge in [-0.15, -0.1) is 0 Å². The quantitative estimate of drug-likeness (QED) is 0.787. The van der Waals surface area contributed by atoms with Gasteiger partial charge in [-0.2, -0.15) is 13.2 Å². The van der Waals surface area contributed by atoms with Crippen LogP contribution in [0, 0.1) is 13.8 Å². The van der Waals surface area contributed by atoms with Gasteiger partial charge in [-0.05, 0) is 31.5 Å². The van der Waals surface area contributed by atoms with Crippen molar-refractivity contribution in [2.75, 3.05) is 24.6 Å². The van der Waals surface area contributed by atoms with E-state index in [1.54, 1.807) is 26.0 Å². The Balaban J connectivity index is 1.91. The molecule has 134 valence electrons. The number of halogens is 4. The molecule has 2 heterocycles. The number of hydrogen-bond acceptors (Lipinski definition) is 4. The lowest BCUT2D eigenvalue weighted by molar-refractivity contribution is -0.145. The maximum absolute atomic E-state index is 13.0. The van der Waals surface area contributed by atoms with Gasteiger partial charge in [0.05, 0.1) is 6.61 Å². The number of hydrogen-bond donors (Lipinski definition) is 0. The highest BCUT2D eigenvalue weighted by atomic mass is 35.5. The SMILES string of the molecule is Cc1nc(C(F)(F)F)nc(N2CCOC(c3ccc(Cl)cc3)C2)c1C. The summed E-state index contributed by atoms with van der Waals surface area (Å²) >= 11 is 5.90. The van der Waals surface area contributed by atoms with E-state index in [-0.39, 0.29) is 6.10 Å². The highest BCUT2D eigenvalue weighted by Crippen LogP contribution is 2.32. The lowest BCUT2D eigenvalue weighted by Gasteiger charge is -2.35. The molecular formula is C17H17ClF3N3O. The molecule has 0 saturated carbocycles. The smallest absolute Gasteiger partial charge is 0.370 e. The number of anilines is 1. The first-order valence-corrected chi connectivity index (χ1v) is 8.18. The van der Waals surface area contributed by atoms with Crippen molar-refractivity contribution < 1.29 is 17.9 Å². The summed E-state index contributed by atoms with van der Waals surface area (Å²) in [7, 11) is 0. The fraction of sp³-hybridized carbons (Fsp3) is 0.412. The zero-order valence-electron chi connectivity index (χ0n) is 13.8. The van der Waals surface area contributed by atoms with Gasteiger partial charge in [-0.1, -0.05) is 23.7 Å². The second-order valence-electron chi connectivity index (χ2n) is 5.94. The van der Waals surface area contributed by atoms with E-state index >= 15 is 0 Å². The van der Waals surface area contributed by atoms with Crippen molar-refractivity contribution in [1.29, 1.82) is 0 Å². The summed E-state index contributed by atoms with van der Waals surface area (Å²) in [6.45, 7) is 4.58. The normalized spacial score (nSPS) is 18.5. The topological polar surface area (TPSA) is 38.2 Å². The molecule has 0 radical (unpaired) electrons. The van der Waals surface area contributed by atoms with Crippen LogP contribution in [0.1, 0.15) is 28.7 Å². The average Bonchev–Trinajstić information content (AvgIpc) is 2.57. The summed E-state index contributed by atoms with van der Waals surface area (Å²) in [6.07, 6.45) is -4.83. The Morgan fingerprint density at radius 1 is 1.16 bits per heavy atom. The first kappa shape index (κ1) is 17.9. The molecular weight excluding hydrogens is 355 g/mol. The minimum atomic E-state index is -4.57. The van der Waals surface area contributed by atoms with E-state index in [0.717, 1.165) is 5.56 Å². The number of aromatic nitrogens is 2. The molecule has 1 atom stereocenters. The Bertz CT molecular complexity index is 765. The first-order chi connectivity index (χ1) is 11.8. The molecule has 1 aliphatic heterocycles. The maximum atomic E-state index is 13.0. The number of morpholine rings is 1. The fourth-order valence-electron chi connectivity index (χ4n) is 2.77. The van der Waals surface area contributed by atoms with Gasteiger partial charge in [0.15, 0.2) is 0 Å². The standard InChI is InChI=1S/C17H17ClF3N3O/c1-10-11(2)22-16(17(19,20)21)23-15(10)24-7-8-25-14(9-24)12-3-5-13(18)6-4-12/h3-6,14H,7-9H2,1-2H3. The summed E-state index contributed by atoms with van der Waals surface area (Å²) in [5.41, 5.74) is 1.89. The van der Waals surface area contributed by atoms with Crippen LogP contribution in [-0.2, 0) is 10.9 Å². The molecule has 1 aromatic carbocycles. The Labute approximate surface area is 148 Å². The predicted molar refractivity (Wildman–Crippen MR) is 88.9 cm³/mol. The molecule has 1 aliphatic rings. The van der Waals surface area contributed by atoms with Crippen LogP contribution in [-0.4, -0.2) is 29.7 Å². The van der Waals surface area contributed by atoms with E-state index in [0.29, 0.717) is 41.8 Å². The third kappa shape index (κ3) is 3.88. The number of benzene rings is 1. The predicted octanol–water partition coefficient (Wildman–Crippen LogP) is 4.34. The van der Waals surface area contributed by atoms with E-state index in [4.69, 9.17) is 16.3 Å². The molecule has 1 saturated heterocycles.